The van der Waals surface area contributed by atoms with Gasteiger partial charge in [-0.25, -0.2) is 13.2 Å². The van der Waals surface area contributed by atoms with Crippen molar-refractivity contribution in [2.45, 2.75) is 18.1 Å². The highest BCUT2D eigenvalue weighted by Crippen LogP contribution is 2.27. The summed E-state index contributed by atoms with van der Waals surface area (Å²) in [7, 11) is -3.50. The Balaban J connectivity index is 1.94. The molecule has 0 atom stereocenters. The Kier molecular flexibility index (Phi) is 2.88. The molecule has 16 heavy (non-hydrogen) atoms. The molecule has 0 saturated heterocycles. The minimum atomic E-state index is -3.50. The fraction of sp³-hybridized carbons (Fsp3) is 0.333. The summed E-state index contributed by atoms with van der Waals surface area (Å²) in [4.78, 5) is 21.4. The van der Waals surface area contributed by atoms with Gasteiger partial charge in [-0.15, -0.1) is 0 Å². The summed E-state index contributed by atoms with van der Waals surface area (Å²) < 4.78 is 22.7. The molecule has 0 unspecified atom stereocenters. The van der Waals surface area contributed by atoms with Gasteiger partial charge >= 0.3 is 5.97 Å². The molecule has 1 fully saturated rings. The number of aromatic nitrogens is 1. The van der Waals surface area contributed by atoms with Crippen LogP contribution in [0.1, 0.15) is 23.2 Å². The smallest absolute Gasteiger partial charge is 0.351 e. The van der Waals surface area contributed by atoms with E-state index in [1.54, 1.807) is 0 Å². The molecule has 86 valence electrons. The standard InChI is InChI=1S/C9H10N2O4S/c12-9(7-3-5-10-6-4-7)15-11-16(13,14)8-1-2-8/h3-6,8,11H,1-2H2. The highest BCUT2D eigenvalue weighted by Gasteiger charge is 2.36. The fourth-order valence-electron chi connectivity index (χ4n) is 1.09. The van der Waals surface area contributed by atoms with E-state index in [-0.39, 0.29) is 5.56 Å². The minimum Gasteiger partial charge on any atom is -0.351 e. The van der Waals surface area contributed by atoms with Gasteiger partial charge in [-0.1, -0.05) is 0 Å². The van der Waals surface area contributed by atoms with Crippen molar-refractivity contribution in [3.05, 3.63) is 30.1 Å². The summed E-state index contributed by atoms with van der Waals surface area (Å²) in [6.07, 6.45) is 4.07. The van der Waals surface area contributed by atoms with E-state index in [0.29, 0.717) is 12.8 Å². The summed E-state index contributed by atoms with van der Waals surface area (Å²) >= 11 is 0. The third-order valence-electron chi connectivity index (χ3n) is 2.13. The molecule has 1 saturated carbocycles. The van der Waals surface area contributed by atoms with Gasteiger partial charge in [-0.3, -0.25) is 4.98 Å². The number of carbonyl (C=O) groups excluding carboxylic acids is 1. The zero-order valence-electron chi connectivity index (χ0n) is 8.29. The Hall–Kier alpha value is -1.47. The molecule has 6 nitrogen and oxygen atoms in total. The number of hydrogen-bond acceptors (Lipinski definition) is 5. The number of hydrogen-bond donors (Lipinski definition) is 1. The molecular weight excluding hydrogens is 232 g/mol. The molecule has 0 bridgehead atoms. The Labute approximate surface area is 92.6 Å². The Bertz CT molecular complexity index is 481. The van der Waals surface area contributed by atoms with Crippen LogP contribution < -0.4 is 4.89 Å². The maximum absolute atomic E-state index is 11.4. The van der Waals surface area contributed by atoms with E-state index in [1.807, 2.05) is 4.89 Å². The van der Waals surface area contributed by atoms with Gasteiger partial charge in [0.05, 0.1) is 10.8 Å². The normalized spacial score (nSPS) is 15.8. The second-order valence-electron chi connectivity index (χ2n) is 3.45. The van der Waals surface area contributed by atoms with Crippen LogP contribution >= 0.6 is 0 Å². The molecule has 2 rings (SSSR count). The summed E-state index contributed by atoms with van der Waals surface area (Å²) in [6.45, 7) is 0. The SMILES string of the molecule is O=C(ONS(=O)(=O)C1CC1)c1ccncc1. The maximum atomic E-state index is 11.4. The first-order valence-corrected chi connectivity index (χ1v) is 6.26. The average molecular weight is 242 g/mol. The van der Waals surface area contributed by atoms with Crippen molar-refractivity contribution in [3.8, 4) is 0 Å². The van der Waals surface area contributed by atoms with Gasteiger partial charge < -0.3 is 4.84 Å². The molecule has 0 amide bonds. The van der Waals surface area contributed by atoms with Gasteiger partial charge in [0.15, 0.2) is 0 Å². The zero-order valence-corrected chi connectivity index (χ0v) is 9.11. The predicted molar refractivity (Wildman–Crippen MR) is 54.7 cm³/mol. The topological polar surface area (TPSA) is 85.4 Å². The first-order chi connectivity index (χ1) is 7.59. The fourth-order valence-corrected chi connectivity index (χ4v) is 2.17. The number of carbonyl (C=O) groups is 1. The first-order valence-electron chi connectivity index (χ1n) is 4.71. The van der Waals surface area contributed by atoms with Crippen LogP contribution in [0.25, 0.3) is 0 Å². The predicted octanol–water partition coefficient (Wildman–Crippen LogP) is 0.235. The van der Waals surface area contributed by atoms with Gasteiger partial charge in [-0.2, -0.15) is 0 Å². The zero-order chi connectivity index (χ0) is 11.6. The van der Waals surface area contributed by atoms with Crippen LogP contribution in [0.4, 0.5) is 0 Å². The number of pyridine rings is 1. The van der Waals surface area contributed by atoms with E-state index < -0.39 is 21.2 Å². The van der Waals surface area contributed by atoms with Crippen LogP contribution in [0.15, 0.2) is 24.5 Å². The molecular formula is C9H10N2O4S. The summed E-state index contributed by atoms with van der Waals surface area (Å²) in [6, 6.07) is 2.88. The van der Waals surface area contributed by atoms with E-state index in [4.69, 9.17) is 0 Å². The highest BCUT2D eigenvalue weighted by molar-refractivity contribution is 7.90. The monoisotopic (exact) mass is 242 g/mol. The quantitative estimate of drug-likeness (QED) is 0.764. The highest BCUT2D eigenvalue weighted by atomic mass is 32.2. The molecule has 0 aliphatic heterocycles. The van der Waals surface area contributed by atoms with Crippen molar-refractivity contribution in [3.63, 3.8) is 0 Å². The number of sulfonamides is 1. The van der Waals surface area contributed by atoms with Crippen molar-refractivity contribution < 1.29 is 18.0 Å². The third-order valence-corrected chi connectivity index (χ3v) is 3.79. The van der Waals surface area contributed by atoms with E-state index >= 15 is 0 Å². The summed E-state index contributed by atoms with van der Waals surface area (Å²) in [5.41, 5.74) is 0.244. The summed E-state index contributed by atoms with van der Waals surface area (Å²) in [5.74, 6) is -0.744. The Morgan fingerprint density at radius 1 is 1.38 bits per heavy atom. The van der Waals surface area contributed by atoms with Gasteiger partial charge in [0.1, 0.15) is 0 Å². The van der Waals surface area contributed by atoms with Crippen molar-refractivity contribution in [2.75, 3.05) is 0 Å². The van der Waals surface area contributed by atoms with Crippen molar-refractivity contribution >= 4 is 16.0 Å². The van der Waals surface area contributed by atoms with Crippen LogP contribution in [-0.2, 0) is 14.9 Å². The maximum Gasteiger partial charge on any atom is 0.357 e. The van der Waals surface area contributed by atoms with Crippen molar-refractivity contribution in [2.24, 2.45) is 0 Å². The van der Waals surface area contributed by atoms with E-state index in [0.717, 1.165) is 0 Å². The molecule has 0 aromatic carbocycles. The summed E-state index contributed by atoms with van der Waals surface area (Å²) in [5, 5.41) is -0.419. The van der Waals surface area contributed by atoms with Crippen LogP contribution in [0.5, 0.6) is 0 Å². The molecule has 0 spiro atoms. The second kappa shape index (κ2) is 4.18. The molecule has 1 aliphatic rings. The minimum absolute atomic E-state index is 0.244. The molecule has 7 heteroatoms. The average Bonchev–Trinajstić information content (AvgIpc) is 3.11. The number of nitrogens with one attached hydrogen (secondary N) is 1. The van der Waals surface area contributed by atoms with Crippen molar-refractivity contribution in [1.29, 1.82) is 0 Å². The van der Waals surface area contributed by atoms with Crippen LogP contribution in [0.3, 0.4) is 0 Å². The van der Waals surface area contributed by atoms with E-state index in [9.17, 15) is 13.2 Å². The largest absolute Gasteiger partial charge is 0.357 e. The van der Waals surface area contributed by atoms with Crippen LogP contribution in [0.2, 0.25) is 0 Å². The Morgan fingerprint density at radius 2 is 2.00 bits per heavy atom. The Morgan fingerprint density at radius 3 is 2.56 bits per heavy atom. The lowest BCUT2D eigenvalue weighted by molar-refractivity contribution is 0.0407. The van der Waals surface area contributed by atoms with Gasteiger partial charge in [0.25, 0.3) is 0 Å². The number of nitrogens with zero attached hydrogens (tertiary/aromatic N) is 1. The molecule has 0 radical (unpaired) electrons. The van der Waals surface area contributed by atoms with E-state index in [2.05, 4.69) is 9.82 Å². The number of rotatable bonds is 4. The van der Waals surface area contributed by atoms with Gasteiger partial charge in [0.2, 0.25) is 10.0 Å². The molecule has 1 heterocycles. The molecule has 1 aromatic heterocycles. The molecule has 1 aliphatic carbocycles. The lowest BCUT2D eigenvalue weighted by Gasteiger charge is -2.05. The second-order valence-corrected chi connectivity index (χ2v) is 5.38. The molecule has 1 N–H and O–H groups in total. The van der Waals surface area contributed by atoms with Crippen LogP contribution in [-0.4, -0.2) is 24.6 Å². The first kappa shape index (κ1) is 11.0. The van der Waals surface area contributed by atoms with Gasteiger partial charge in [-0.05, 0) is 29.9 Å². The molecule has 1 aromatic rings. The van der Waals surface area contributed by atoms with Crippen molar-refractivity contribution in [1.82, 2.24) is 9.87 Å². The lowest BCUT2D eigenvalue weighted by Crippen LogP contribution is -2.30. The third kappa shape index (κ3) is 2.56. The van der Waals surface area contributed by atoms with E-state index in [1.165, 1.54) is 24.5 Å². The van der Waals surface area contributed by atoms with Gasteiger partial charge in [0, 0.05) is 12.4 Å². The van der Waals surface area contributed by atoms with Crippen LogP contribution in [0, 0.1) is 0 Å². The lowest BCUT2D eigenvalue weighted by atomic mass is 10.3.